The van der Waals surface area contributed by atoms with Gasteiger partial charge in [-0.3, -0.25) is 9.69 Å². The molecule has 2 N–H and O–H groups in total. The highest BCUT2D eigenvalue weighted by Crippen LogP contribution is 2.22. The molecule has 108 valence electrons. The van der Waals surface area contributed by atoms with Crippen LogP contribution in [0.1, 0.15) is 38.5 Å². The molecule has 0 saturated carbocycles. The third-order valence-corrected chi connectivity index (χ3v) is 4.46. The summed E-state index contributed by atoms with van der Waals surface area (Å²) in [6, 6.07) is 0. The van der Waals surface area contributed by atoms with Gasteiger partial charge in [0.25, 0.3) is 0 Å². The number of nitrogens with two attached hydrogens (primary N) is 1. The highest BCUT2D eigenvalue weighted by atomic mass is 16.2. The molecule has 1 aliphatic carbocycles. The first-order valence-electron chi connectivity index (χ1n) is 7.58. The zero-order valence-corrected chi connectivity index (χ0v) is 12.1. The van der Waals surface area contributed by atoms with Gasteiger partial charge < -0.3 is 10.6 Å². The van der Waals surface area contributed by atoms with E-state index < -0.39 is 0 Å². The number of allylic oxidation sites excluding steroid dienone is 2. The molecule has 0 atom stereocenters. The summed E-state index contributed by atoms with van der Waals surface area (Å²) in [6.07, 6.45) is 9.09. The number of hydrogen-bond donors (Lipinski definition) is 1. The van der Waals surface area contributed by atoms with E-state index in [4.69, 9.17) is 5.73 Å². The summed E-state index contributed by atoms with van der Waals surface area (Å²) in [6.45, 7) is 3.45. The van der Waals surface area contributed by atoms with Gasteiger partial charge in [0.1, 0.15) is 0 Å². The molecule has 0 aromatic rings. The van der Waals surface area contributed by atoms with E-state index in [9.17, 15) is 4.79 Å². The van der Waals surface area contributed by atoms with E-state index in [2.05, 4.69) is 11.0 Å². The summed E-state index contributed by atoms with van der Waals surface area (Å²) >= 11 is 0. The maximum atomic E-state index is 12.2. The number of hydrogen-bond acceptors (Lipinski definition) is 3. The van der Waals surface area contributed by atoms with E-state index in [1.807, 2.05) is 11.9 Å². The predicted molar refractivity (Wildman–Crippen MR) is 77.5 cm³/mol. The largest absolute Gasteiger partial charge is 0.330 e. The fourth-order valence-corrected chi connectivity index (χ4v) is 3.09. The lowest BCUT2D eigenvalue weighted by Gasteiger charge is -2.32. The Balaban J connectivity index is 1.74. The maximum Gasteiger partial charge on any atom is 0.240 e. The summed E-state index contributed by atoms with van der Waals surface area (Å²) in [5, 5.41) is 0. The van der Waals surface area contributed by atoms with Crippen molar-refractivity contribution in [2.75, 3.05) is 33.2 Å². The standard InChI is InChI=1S/C15H27N3O/c1-17(14-4-2-3-5-14)15(19)12-18-10-7-13(6-9-16)8-11-18/h4,13H,2-3,5-12,16H2,1H3. The quantitative estimate of drug-likeness (QED) is 0.821. The molecular formula is C15H27N3O. The molecule has 0 unspecified atom stereocenters. The second kappa shape index (κ2) is 7.06. The third-order valence-electron chi connectivity index (χ3n) is 4.46. The van der Waals surface area contributed by atoms with Crippen LogP contribution < -0.4 is 5.73 Å². The smallest absolute Gasteiger partial charge is 0.240 e. The van der Waals surface area contributed by atoms with Crippen LogP contribution in [0.2, 0.25) is 0 Å². The van der Waals surface area contributed by atoms with Crippen molar-refractivity contribution in [3.8, 4) is 0 Å². The molecule has 1 heterocycles. The lowest BCUT2D eigenvalue weighted by atomic mass is 9.94. The van der Waals surface area contributed by atoms with Gasteiger partial charge in [0.05, 0.1) is 6.54 Å². The molecule has 0 radical (unpaired) electrons. The Hall–Kier alpha value is -0.870. The Morgan fingerprint density at radius 2 is 2.21 bits per heavy atom. The Labute approximate surface area is 116 Å². The number of amides is 1. The van der Waals surface area contributed by atoms with Crippen molar-refractivity contribution in [2.24, 2.45) is 11.7 Å². The topological polar surface area (TPSA) is 49.6 Å². The number of carbonyl (C=O) groups is 1. The SMILES string of the molecule is CN(C(=O)CN1CCC(CCN)CC1)C1=CCCC1. The highest BCUT2D eigenvalue weighted by molar-refractivity contribution is 5.79. The minimum absolute atomic E-state index is 0.241. The number of carbonyl (C=O) groups excluding carboxylic acids is 1. The van der Waals surface area contributed by atoms with E-state index in [1.165, 1.54) is 25.0 Å². The molecule has 0 spiro atoms. The summed E-state index contributed by atoms with van der Waals surface area (Å²) < 4.78 is 0. The van der Waals surface area contributed by atoms with E-state index in [-0.39, 0.29) is 5.91 Å². The average Bonchev–Trinajstić information content (AvgIpc) is 2.94. The number of piperidine rings is 1. The van der Waals surface area contributed by atoms with Crippen LogP contribution in [-0.2, 0) is 4.79 Å². The summed E-state index contributed by atoms with van der Waals surface area (Å²) in [4.78, 5) is 16.4. The first-order chi connectivity index (χ1) is 9.20. The van der Waals surface area contributed by atoms with Crippen LogP contribution >= 0.6 is 0 Å². The zero-order chi connectivity index (χ0) is 13.7. The fourth-order valence-electron chi connectivity index (χ4n) is 3.09. The second-order valence-electron chi connectivity index (χ2n) is 5.84. The molecule has 0 aromatic carbocycles. The van der Waals surface area contributed by atoms with E-state index in [1.54, 1.807) is 0 Å². The van der Waals surface area contributed by atoms with Gasteiger partial charge in [0.15, 0.2) is 0 Å². The molecule has 4 heteroatoms. The average molecular weight is 265 g/mol. The van der Waals surface area contributed by atoms with Crippen molar-refractivity contribution < 1.29 is 4.79 Å². The number of rotatable bonds is 5. The molecule has 1 aliphatic heterocycles. The molecule has 2 rings (SSSR count). The van der Waals surface area contributed by atoms with Crippen LogP contribution in [0.3, 0.4) is 0 Å². The lowest BCUT2D eigenvalue weighted by Crippen LogP contribution is -2.42. The van der Waals surface area contributed by atoms with E-state index in [0.717, 1.165) is 44.8 Å². The van der Waals surface area contributed by atoms with Gasteiger partial charge in [-0.2, -0.15) is 0 Å². The fraction of sp³-hybridized carbons (Fsp3) is 0.800. The van der Waals surface area contributed by atoms with Gasteiger partial charge in [0, 0.05) is 12.7 Å². The Morgan fingerprint density at radius 1 is 1.47 bits per heavy atom. The number of nitrogens with zero attached hydrogens (tertiary/aromatic N) is 2. The van der Waals surface area contributed by atoms with Gasteiger partial charge in [-0.25, -0.2) is 0 Å². The van der Waals surface area contributed by atoms with Gasteiger partial charge in [-0.15, -0.1) is 0 Å². The summed E-state index contributed by atoms with van der Waals surface area (Å²) in [5.41, 5.74) is 6.81. The molecular weight excluding hydrogens is 238 g/mol. The summed E-state index contributed by atoms with van der Waals surface area (Å²) in [5.74, 6) is 1.01. The molecule has 1 fully saturated rings. The van der Waals surface area contributed by atoms with Crippen molar-refractivity contribution >= 4 is 5.91 Å². The van der Waals surface area contributed by atoms with Crippen LogP contribution in [0.25, 0.3) is 0 Å². The molecule has 19 heavy (non-hydrogen) atoms. The molecule has 0 bridgehead atoms. The molecule has 1 amide bonds. The second-order valence-corrected chi connectivity index (χ2v) is 5.84. The molecule has 2 aliphatic rings. The Kier molecular flexibility index (Phi) is 5.40. The first kappa shape index (κ1) is 14.5. The van der Waals surface area contributed by atoms with Crippen LogP contribution in [0.5, 0.6) is 0 Å². The molecule has 4 nitrogen and oxygen atoms in total. The van der Waals surface area contributed by atoms with Gasteiger partial charge in [-0.1, -0.05) is 6.08 Å². The lowest BCUT2D eigenvalue weighted by molar-refractivity contribution is -0.129. The van der Waals surface area contributed by atoms with Crippen molar-refractivity contribution in [2.45, 2.75) is 38.5 Å². The van der Waals surface area contributed by atoms with Gasteiger partial charge >= 0.3 is 0 Å². The van der Waals surface area contributed by atoms with Crippen LogP contribution in [0.4, 0.5) is 0 Å². The van der Waals surface area contributed by atoms with Gasteiger partial charge in [0.2, 0.25) is 5.91 Å². The molecule has 0 aromatic heterocycles. The van der Waals surface area contributed by atoms with Crippen molar-refractivity contribution in [3.63, 3.8) is 0 Å². The maximum absolute atomic E-state index is 12.2. The predicted octanol–water partition coefficient (Wildman–Crippen LogP) is 1.57. The van der Waals surface area contributed by atoms with Crippen LogP contribution in [0, 0.1) is 5.92 Å². The minimum Gasteiger partial charge on any atom is -0.330 e. The number of likely N-dealkylation sites (tertiary alicyclic amines) is 1. The molecule has 1 saturated heterocycles. The van der Waals surface area contributed by atoms with E-state index in [0.29, 0.717) is 6.54 Å². The van der Waals surface area contributed by atoms with E-state index >= 15 is 0 Å². The van der Waals surface area contributed by atoms with Crippen molar-refractivity contribution in [1.29, 1.82) is 0 Å². The Bertz CT molecular complexity index is 332. The highest BCUT2D eigenvalue weighted by Gasteiger charge is 2.23. The van der Waals surface area contributed by atoms with Gasteiger partial charge in [-0.05, 0) is 64.1 Å². The number of likely N-dealkylation sites (N-methyl/N-ethyl adjacent to an activating group) is 1. The third kappa shape index (κ3) is 4.05. The zero-order valence-electron chi connectivity index (χ0n) is 12.1. The van der Waals surface area contributed by atoms with Crippen molar-refractivity contribution in [3.05, 3.63) is 11.8 Å². The Morgan fingerprint density at radius 3 is 2.79 bits per heavy atom. The summed E-state index contributed by atoms with van der Waals surface area (Å²) in [7, 11) is 1.92. The first-order valence-corrected chi connectivity index (χ1v) is 7.58. The van der Waals surface area contributed by atoms with Crippen LogP contribution in [0.15, 0.2) is 11.8 Å². The monoisotopic (exact) mass is 265 g/mol. The van der Waals surface area contributed by atoms with Crippen molar-refractivity contribution in [1.82, 2.24) is 9.80 Å². The minimum atomic E-state index is 0.241. The van der Waals surface area contributed by atoms with Crippen LogP contribution in [-0.4, -0.2) is 48.9 Å². The normalized spacial score (nSPS) is 21.5.